The molecule has 2 aliphatic heterocycles. The van der Waals surface area contributed by atoms with E-state index in [9.17, 15) is 9.59 Å². The van der Waals surface area contributed by atoms with Crippen LogP contribution in [0, 0.1) is 0 Å². The van der Waals surface area contributed by atoms with Gasteiger partial charge in [0.05, 0.1) is 31.5 Å². The van der Waals surface area contributed by atoms with E-state index in [0.29, 0.717) is 35.9 Å². The number of nitrogens with zero attached hydrogens (tertiary/aromatic N) is 2. The average molecular weight is 412 g/mol. The number of hydrogen-bond donors (Lipinski definition) is 2. The summed E-state index contributed by atoms with van der Waals surface area (Å²) in [7, 11) is 3.19. The Bertz CT molecular complexity index is 956. The summed E-state index contributed by atoms with van der Waals surface area (Å²) < 4.78 is 10.7. The predicted octanol–water partition coefficient (Wildman–Crippen LogP) is 2.76. The summed E-state index contributed by atoms with van der Waals surface area (Å²) in [5.41, 5.74) is 1.46. The summed E-state index contributed by atoms with van der Waals surface area (Å²) in [6.07, 6.45) is 3.85. The van der Waals surface area contributed by atoms with Crippen LogP contribution in [0.5, 0.6) is 11.5 Å². The number of piperidine rings is 1. The third-order valence-electron chi connectivity index (χ3n) is 6.27. The molecule has 30 heavy (non-hydrogen) atoms. The summed E-state index contributed by atoms with van der Waals surface area (Å²) in [6, 6.07) is 7.22. The van der Waals surface area contributed by atoms with E-state index >= 15 is 0 Å². The number of H-pyrrole nitrogens is 1. The molecule has 0 bridgehead atoms. The van der Waals surface area contributed by atoms with Gasteiger partial charge in [0.25, 0.3) is 5.91 Å². The molecule has 1 aromatic heterocycles. The molecule has 8 heteroatoms. The topological polar surface area (TPSA) is 96.6 Å². The lowest BCUT2D eigenvalue weighted by Crippen LogP contribution is -2.63. The van der Waals surface area contributed by atoms with E-state index in [-0.39, 0.29) is 23.4 Å². The third-order valence-corrected chi connectivity index (χ3v) is 6.27. The fraction of sp³-hybridized carbons (Fsp3) is 0.500. The summed E-state index contributed by atoms with van der Waals surface area (Å²) in [5.74, 6) is 1.29. The molecule has 0 spiro atoms. The Kier molecular flexibility index (Phi) is 5.40. The monoisotopic (exact) mass is 412 g/mol. The zero-order valence-corrected chi connectivity index (χ0v) is 17.7. The highest BCUT2D eigenvalue weighted by Gasteiger charge is 2.45. The zero-order chi connectivity index (χ0) is 21.3. The number of aromatic amines is 1. The molecule has 3 heterocycles. The highest BCUT2D eigenvalue weighted by atomic mass is 16.5. The van der Waals surface area contributed by atoms with Gasteiger partial charge in [0, 0.05) is 24.6 Å². The van der Waals surface area contributed by atoms with Crippen LogP contribution in [-0.2, 0) is 4.79 Å². The maximum Gasteiger partial charge on any atom is 0.272 e. The molecule has 2 saturated heterocycles. The van der Waals surface area contributed by atoms with Crippen LogP contribution in [-0.4, -0.2) is 59.3 Å². The van der Waals surface area contributed by atoms with Gasteiger partial charge in [-0.3, -0.25) is 14.7 Å². The number of amides is 2. The van der Waals surface area contributed by atoms with Gasteiger partial charge in [0.2, 0.25) is 5.91 Å². The van der Waals surface area contributed by atoms with Crippen molar-refractivity contribution in [1.82, 2.24) is 20.4 Å². The molecule has 0 saturated carbocycles. The van der Waals surface area contributed by atoms with Crippen molar-refractivity contribution in [3.05, 3.63) is 30.0 Å². The molecule has 2 aliphatic rings. The Morgan fingerprint density at radius 1 is 1.23 bits per heavy atom. The number of nitrogens with one attached hydrogen (secondary N) is 2. The van der Waals surface area contributed by atoms with Crippen LogP contribution in [0.4, 0.5) is 0 Å². The number of likely N-dealkylation sites (tertiary alicyclic amines) is 1. The molecule has 2 N–H and O–H groups in total. The van der Waals surface area contributed by atoms with Gasteiger partial charge in [0.15, 0.2) is 0 Å². The average Bonchev–Trinajstić information content (AvgIpc) is 3.17. The van der Waals surface area contributed by atoms with Crippen molar-refractivity contribution >= 4 is 11.8 Å². The van der Waals surface area contributed by atoms with Crippen molar-refractivity contribution in [1.29, 1.82) is 0 Å². The van der Waals surface area contributed by atoms with Crippen LogP contribution in [0.3, 0.4) is 0 Å². The standard InChI is InChI=1S/C22H28N4O4/c1-22-10-5-11-26(19(22)6-4-7-20(27)23-22)21(28)17-13-16(24-25-17)15-9-8-14(29-2)12-18(15)30-3/h8-9,12-13,19H,4-7,10-11H2,1-3H3,(H,23,27)(H,24,25)/t19-,22-/m0/s1. The van der Waals surface area contributed by atoms with Crippen molar-refractivity contribution in [3.8, 4) is 22.8 Å². The molecule has 2 fully saturated rings. The predicted molar refractivity (Wildman–Crippen MR) is 112 cm³/mol. The molecular weight excluding hydrogens is 384 g/mol. The zero-order valence-electron chi connectivity index (χ0n) is 17.7. The van der Waals surface area contributed by atoms with Crippen molar-refractivity contribution in [2.45, 2.75) is 50.6 Å². The highest BCUT2D eigenvalue weighted by molar-refractivity contribution is 5.94. The SMILES string of the molecule is COc1ccc(-c2cc(C(=O)N3CCC[C@]4(C)NC(=O)CCC[C@H]34)[nH]n2)c(OC)c1. The van der Waals surface area contributed by atoms with E-state index in [1.165, 1.54) is 0 Å². The maximum atomic E-state index is 13.4. The van der Waals surface area contributed by atoms with Crippen molar-refractivity contribution in [2.24, 2.45) is 0 Å². The van der Waals surface area contributed by atoms with Gasteiger partial charge in [0.1, 0.15) is 17.2 Å². The Morgan fingerprint density at radius 2 is 2.07 bits per heavy atom. The largest absolute Gasteiger partial charge is 0.497 e. The van der Waals surface area contributed by atoms with Crippen LogP contribution in [0.25, 0.3) is 11.3 Å². The van der Waals surface area contributed by atoms with E-state index in [1.54, 1.807) is 26.4 Å². The number of ether oxygens (including phenoxy) is 2. The number of rotatable bonds is 4. The first-order chi connectivity index (χ1) is 14.4. The van der Waals surface area contributed by atoms with Gasteiger partial charge in [-0.05, 0) is 50.8 Å². The molecule has 160 valence electrons. The minimum Gasteiger partial charge on any atom is -0.497 e. The summed E-state index contributed by atoms with van der Waals surface area (Å²) in [5, 5.41) is 10.4. The molecule has 0 radical (unpaired) electrons. The van der Waals surface area contributed by atoms with Gasteiger partial charge in [-0.1, -0.05) is 0 Å². The lowest BCUT2D eigenvalue weighted by Gasteiger charge is -2.47. The normalized spacial score (nSPS) is 23.9. The quantitative estimate of drug-likeness (QED) is 0.805. The third kappa shape index (κ3) is 3.62. The Hall–Kier alpha value is -3.03. The van der Waals surface area contributed by atoms with E-state index < -0.39 is 0 Å². The van der Waals surface area contributed by atoms with Gasteiger partial charge >= 0.3 is 0 Å². The number of hydrogen-bond acceptors (Lipinski definition) is 5. The summed E-state index contributed by atoms with van der Waals surface area (Å²) in [4.78, 5) is 27.4. The molecule has 2 atom stereocenters. The van der Waals surface area contributed by atoms with Gasteiger partial charge in [-0.15, -0.1) is 0 Å². The van der Waals surface area contributed by atoms with E-state index in [2.05, 4.69) is 22.4 Å². The Morgan fingerprint density at radius 3 is 2.83 bits per heavy atom. The van der Waals surface area contributed by atoms with Crippen LogP contribution < -0.4 is 14.8 Å². The van der Waals surface area contributed by atoms with Crippen LogP contribution in [0.2, 0.25) is 0 Å². The number of carbonyl (C=O) groups excluding carboxylic acids is 2. The number of fused-ring (bicyclic) bond motifs is 1. The molecule has 4 rings (SSSR count). The Balaban J connectivity index is 1.61. The second kappa shape index (κ2) is 8.01. The van der Waals surface area contributed by atoms with Crippen LogP contribution in [0.15, 0.2) is 24.3 Å². The minimum atomic E-state index is -0.385. The van der Waals surface area contributed by atoms with Gasteiger partial charge in [-0.2, -0.15) is 5.10 Å². The number of benzene rings is 1. The number of carbonyl (C=O) groups is 2. The molecule has 1 aromatic carbocycles. The van der Waals surface area contributed by atoms with Crippen molar-refractivity contribution in [3.63, 3.8) is 0 Å². The smallest absolute Gasteiger partial charge is 0.272 e. The van der Waals surface area contributed by atoms with E-state index in [1.807, 2.05) is 17.0 Å². The number of methoxy groups -OCH3 is 2. The lowest BCUT2D eigenvalue weighted by molar-refractivity contribution is -0.123. The lowest BCUT2D eigenvalue weighted by atomic mass is 9.81. The fourth-order valence-corrected chi connectivity index (χ4v) is 4.72. The van der Waals surface area contributed by atoms with E-state index in [0.717, 1.165) is 31.2 Å². The van der Waals surface area contributed by atoms with Crippen LogP contribution in [0.1, 0.15) is 49.5 Å². The molecule has 8 nitrogen and oxygen atoms in total. The number of aromatic nitrogens is 2. The van der Waals surface area contributed by atoms with E-state index in [4.69, 9.17) is 9.47 Å². The molecule has 0 unspecified atom stereocenters. The first-order valence-corrected chi connectivity index (χ1v) is 10.3. The van der Waals surface area contributed by atoms with Crippen LogP contribution >= 0.6 is 0 Å². The first-order valence-electron chi connectivity index (χ1n) is 10.3. The summed E-state index contributed by atoms with van der Waals surface area (Å²) in [6.45, 7) is 2.73. The molecular formula is C22H28N4O4. The fourth-order valence-electron chi connectivity index (χ4n) is 4.72. The minimum absolute atomic E-state index is 0.0209. The van der Waals surface area contributed by atoms with Crippen molar-refractivity contribution in [2.75, 3.05) is 20.8 Å². The first kappa shape index (κ1) is 20.3. The molecule has 2 amide bonds. The molecule has 2 aromatic rings. The Labute approximate surface area is 175 Å². The van der Waals surface area contributed by atoms with Gasteiger partial charge < -0.3 is 19.7 Å². The maximum absolute atomic E-state index is 13.4. The highest BCUT2D eigenvalue weighted by Crippen LogP contribution is 2.35. The second-order valence-electron chi connectivity index (χ2n) is 8.21. The van der Waals surface area contributed by atoms with Crippen molar-refractivity contribution < 1.29 is 19.1 Å². The second-order valence-corrected chi connectivity index (χ2v) is 8.21. The molecule has 0 aliphatic carbocycles. The van der Waals surface area contributed by atoms with Gasteiger partial charge in [-0.25, -0.2) is 0 Å². The summed E-state index contributed by atoms with van der Waals surface area (Å²) >= 11 is 0.